The fourth-order valence-electron chi connectivity index (χ4n) is 3.46. The number of ether oxygens (including phenoxy) is 1. The van der Waals surface area contributed by atoms with E-state index in [0.29, 0.717) is 0 Å². The van der Waals surface area contributed by atoms with E-state index in [1.807, 2.05) is 36.4 Å². The molecular formula is C22H17N3O. The van der Waals surface area contributed by atoms with Gasteiger partial charge in [-0.2, -0.15) is 0 Å². The summed E-state index contributed by atoms with van der Waals surface area (Å²) in [5, 5.41) is 1.13. The third-order valence-electron chi connectivity index (χ3n) is 4.76. The van der Waals surface area contributed by atoms with Crippen LogP contribution < -0.4 is 4.74 Å². The summed E-state index contributed by atoms with van der Waals surface area (Å²) < 4.78 is 7.51. The maximum absolute atomic E-state index is 5.26. The summed E-state index contributed by atoms with van der Waals surface area (Å²) >= 11 is 0. The van der Waals surface area contributed by atoms with Gasteiger partial charge in [0.25, 0.3) is 0 Å². The second-order valence-electron chi connectivity index (χ2n) is 6.34. The van der Waals surface area contributed by atoms with Gasteiger partial charge >= 0.3 is 0 Å². The minimum atomic E-state index is 0.737. The number of para-hydroxylation sites is 3. The van der Waals surface area contributed by atoms with Gasteiger partial charge < -0.3 is 9.30 Å². The molecule has 5 rings (SSSR count). The number of rotatable bonds is 3. The first kappa shape index (κ1) is 14.9. The van der Waals surface area contributed by atoms with E-state index in [-0.39, 0.29) is 0 Å². The van der Waals surface area contributed by atoms with E-state index < -0.39 is 0 Å². The van der Waals surface area contributed by atoms with Crippen LogP contribution in [0.2, 0.25) is 0 Å². The van der Waals surface area contributed by atoms with Crippen LogP contribution in [0.4, 0.5) is 0 Å². The minimum absolute atomic E-state index is 0.737. The van der Waals surface area contributed by atoms with Gasteiger partial charge in [-0.3, -0.25) is 0 Å². The molecule has 126 valence electrons. The van der Waals surface area contributed by atoms with Crippen molar-refractivity contribution in [1.82, 2.24) is 14.5 Å². The Bertz CT molecular complexity index is 1240. The lowest BCUT2D eigenvalue weighted by Gasteiger charge is -2.08. The predicted molar refractivity (Wildman–Crippen MR) is 105 cm³/mol. The fourth-order valence-corrected chi connectivity index (χ4v) is 3.46. The molecular weight excluding hydrogens is 322 g/mol. The molecule has 2 heterocycles. The summed E-state index contributed by atoms with van der Waals surface area (Å²) in [6.07, 6.45) is 0. The Labute approximate surface area is 150 Å². The molecule has 3 aromatic carbocycles. The van der Waals surface area contributed by atoms with Crippen LogP contribution in [0, 0.1) is 0 Å². The molecule has 0 unspecified atom stereocenters. The maximum Gasteiger partial charge on any atom is 0.160 e. The van der Waals surface area contributed by atoms with Crippen LogP contribution in [0.1, 0.15) is 5.56 Å². The maximum atomic E-state index is 5.26. The molecule has 0 spiro atoms. The molecule has 26 heavy (non-hydrogen) atoms. The summed E-state index contributed by atoms with van der Waals surface area (Å²) in [7, 11) is 1.68. The SMILES string of the molecule is COc1ccc(Cn2c3ccccc3c3nc4ccccc4nc32)cc1. The van der Waals surface area contributed by atoms with Crippen molar-refractivity contribution in [1.29, 1.82) is 0 Å². The Morgan fingerprint density at radius 3 is 2.27 bits per heavy atom. The zero-order valence-corrected chi connectivity index (χ0v) is 14.4. The Morgan fingerprint density at radius 2 is 1.50 bits per heavy atom. The van der Waals surface area contributed by atoms with Crippen molar-refractivity contribution in [2.75, 3.05) is 7.11 Å². The van der Waals surface area contributed by atoms with Crippen LogP contribution in [0.15, 0.2) is 72.8 Å². The summed E-state index contributed by atoms with van der Waals surface area (Å²) in [6, 6.07) is 24.5. The van der Waals surface area contributed by atoms with Crippen molar-refractivity contribution in [2.45, 2.75) is 6.54 Å². The first-order chi connectivity index (χ1) is 12.8. The van der Waals surface area contributed by atoms with Crippen LogP contribution in [0.3, 0.4) is 0 Å². The van der Waals surface area contributed by atoms with E-state index in [1.54, 1.807) is 7.11 Å². The molecule has 0 bridgehead atoms. The topological polar surface area (TPSA) is 39.9 Å². The third-order valence-corrected chi connectivity index (χ3v) is 4.76. The molecule has 0 fully saturated rings. The second kappa shape index (κ2) is 5.85. The standard InChI is InChI=1S/C22H17N3O/c1-26-16-12-10-15(11-13-16)14-25-20-9-5-2-6-17(20)21-22(25)24-19-8-4-3-7-18(19)23-21/h2-13H,14H2,1H3. The molecule has 5 aromatic rings. The van der Waals surface area contributed by atoms with Gasteiger partial charge in [0.05, 0.1) is 23.7 Å². The highest BCUT2D eigenvalue weighted by atomic mass is 16.5. The third kappa shape index (κ3) is 2.30. The van der Waals surface area contributed by atoms with E-state index in [0.717, 1.165) is 45.4 Å². The Balaban J connectivity index is 1.76. The molecule has 0 aliphatic rings. The monoisotopic (exact) mass is 339 g/mol. The molecule has 0 aliphatic heterocycles. The molecule has 0 N–H and O–H groups in total. The van der Waals surface area contributed by atoms with Gasteiger partial charge in [0.2, 0.25) is 0 Å². The summed E-state index contributed by atoms with van der Waals surface area (Å²) in [5.74, 6) is 0.863. The van der Waals surface area contributed by atoms with Gasteiger partial charge in [-0.25, -0.2) is 9.97 Å². The van der Waals surface area contributed by atoms with E-state index in [1.165, 1.54) is 5.56 Å². The molecule has 0 radical (unpaired) electrons. The smallest absolute Gasteiger partial charge is 0.160 e. The lowest BCUT2D eigenvalue weighted by molar-refractivity contribution is 0.414. The zero-order valence-electron chi connectivity index (χ0n) is 14.4. The van der Waals surface area contributed by atoms with E-state index in [4.69, 9.17) is 14.7 Å². The molecule has 4 heteroatoms. The van der Waals surface area contributed by atoms with E-state index in [2.05, 4.69) is 41.0 Å². The largest absolute Gasteiger partial charge is 0.497 e. The van der Waals surface area contributed by atoms with Crippen LogP contribution in [0.5, 0.6) is 5.75 Å². The Hall–Kier alpha value is -3.40. The lowest BCUT2D eigenvalue weighted by Crippen LogP contribution is -2.01. The minimum Gasteiger partial charge on any atom is -0.497 e. The number of hydrogen-bond donors (Lipinski definition) is 0. The van der Waals surface area contributed by atoms with Crippen LogP contribution in [-0.4, -0.2) is 21.6 Å². The van der Waals surface area contributed by atoms with Crippen LogP contribution in [0.25, 0.3) is 33.1 Å². The van der Waals surface area contributed by atoms with Gasteiger partial charge in [-0.15, -0.1) is 0 Å². The van der Waals surface area contributed by atoms with Crippen LogP contribution >= 0.6 is 0 Å². The molecule has 2 aromatic heterocycles. The second-order valence-corrected chi connectivity index (χ2v) is 6.34. The Kier molecular flexibility index (Phi) is 3.35. The number of benzene rings is 3. The molecule has 0 atom stereocenters. The van der Waals surface area contributed by atoms with Gasteiger partial charge in [0.15, 0.2) is 5.65 Å². The average molecular weight is 339 g/mol. The number of fused-ring (bicyclic) bond motifs is 4. The van der Waals surface area contributed by atoms with Crippen molar-refractivity contribution in [3.05, 3.63) is 78.4 Å². The molecule has 0 aliphatic carbocycles. The first-order valence-electron chi connectivity index (χ1n) is 8.60. The van der Waals surface area contributed by atoms with Gasteiger partial charge in [-0.05, 0) is 35.9 Å². The first-order valence-corrected chi connectivity index (χ1v) is 8.60. The number of methoxy groups -OCH3 is 1. The van der Waals surface area contributed by atoms with Gasteiger partial charge in [-0.1, -0.05) is 42.5 Å². The molecule has 4 nitrogen and oxygen atoms in total. The Morgan fingerprint density at radius 1 is 0.808 bits per heavy atom. The fraction of sp³-hybridized carbons (Fsp3) is 0.0909. The van der Waals surface area contributed by atoms with Crippen molar-refractivity contribution in [3.63, 3.8) is 0 Å². The number of hydrogen-bond acceptors (Lipinski definition) is 3. The number of nitrogens with zero attached hydrogens (tertiary/aromatic N) is 3. The van der Waals surface area contributed by atoms with Gasteiger partial charge in [0, 0.05) is 11.9 Å². The summed E-state index contributed by atoms with van der Waals surface area (Å²) in [4.78, 5) is 9.81. The van der Waals surface area contributed by atoms with Crippen LogP contribution in [-0.2, 0) is 6.54 Å². The molecule has 0 amide bonds. The van der Waals surface area contributed by atoms with Crippen molar-refractivity contribution < 1.29 is 4.74 Å². The van der Waals surface area contributed by atoms with Gasteiger partial charge in [0.1, 0.15) is 11.3 Å². The lowest BCUT2D eigenvalue weighted by atomic mass is 10.2. The molecule has 0 saturated heterocycles. The highest BCUT2D eigenvalue weighted by Gasteiger charge is 2.14. The normalized spacial score (nSPS) is 11.4. The van der Waals surface area contributed by atoms with Crippen molar-refractivity contribution in [3.8, 4) is 5.75 Å². The summed E-state index contributed by atoms with van der Waals surface area (Å²) in [5.41, 5.74) is 6.05. The predicted octanol–water partition coefficient (Wildman–Crippen LogP) is 4.79. The quantitative estimate of drug-likeness (QED) is 0.474. The van der Waals surface area contributed by atoms with E-state index in [9.17, 15) is 0 Å². The molecule has 0 saturated carbocycles. The van der Waals surface area contributed by atoms with Crippen molar-refractivity contribution >= 4 is 33.1 Å². The highest BCUT2D eigenvalue weighted by molar-refractivity contribution is 6.06. The van der Waals surface area contributed by atoms with E-state index >= 15 is 0 Å². The van der Waals surface area contributed by atoms with Crippen molar-refractivity contribution in [2.24, 2.45) is 0 Å². The average Bonchev–Trinajstić information content (AvgIpc) is 3.00. The zero-order chi connectivity index (χ0) is 17.5. The highest BCUT2D eigenvalue weighted by Crippen LogP contribution is 2.29. The number of aromatic nitrogens is 3. The summed E-state index contributed by atoms with van der Waals surface area (Å²) in [6.45, 7) is 0.737.